The maximum absolute atomic E-state index is 12.5. The lowest BCUT2D eigenvalue weighted by Gasteiger charge is -2.36. The molecule has 3 rings (SSSR count). The third kappa shape index (κ3) is 3.85. The van der Waals surface area contributed by atoms with Gasteiger partial charge in [0.05, 0.1) is 19.8 Å². The molecule has 22 heavy (non-hydrogen) atoms. The van der Waals surface area contributed by atoms with Crippen molar-refractivity contribution in [3.63, 3.8) is 0 Å². The Hall–Kier alpha value is -1.43. The second-order valence-corrected chi connectivity index (χ2v) is 6.02. The molecule has 2 aliphatic rings. The molecule has 1 aromatic rings. The topological polar surface area (TPSA) is 42.0 Å². The van der Waals surface area contributed by atoms with Crippen LogP contribution in [-0.2, 0) is 20.8 Å². The molecule has 2 saturated heterocycles. The number of rotatable bonds is 3. The van der Waals surface area contributed by atoms with Gasteiger partial charge in [-0.3, -0.25) is 9.69 Å². The van der Waals surface area contributed by atoms with Crippen molar-refractivity contribution in [3.8, 4) is 0 Å². The number of ether oxygens (including phenoxy) is 2. The first-order valence-corrected chi connectivity index (χ1v) is 7.98. The van der Waals surface area contributed by atoms with Gasteiger partial charge < -0.3 is 14.4 Å². The van der Waals surface area contributed by atoms with E-state index in [9.17, 15) is 4.79 Å². The number of benzene rings is 1. The molecule has 120 valence electrons. The van der Waals surface area contributed by atoms with Gasteiger partial charge in [-0.2, -0.15) is 0 Å². The average Bonchev–Trinajstić information content (AvgIpc) is 2.57. The Morgan fingerprint density at radius 1 is 1.14 bits per heavy atom. The fourth-order valence-corrected chi connectivity index (χ4v) is 2.93. The van der Waals surface area contributed by atoms with E-state index in [1.54, 1.807) is 0 Å². The highest BCUT2D eigenvalue weighted by Gasteiger charge is 2.30. The molecule has 5 heteroatoms. The van der Waals surface area contributed by atoms with Crippen molar-refractivity contribution in [2.75, 3.05) is 46.0 Å². The number of hydrogen-bond acceptors (Lipinski definition) is 4. The number of aryl methyl sites for hydroxylation is 1. The van der Waals surface area contributed by atoms with Gasteiger partial charge in [0.25, 0.3) is 5.91 Å². The fraction of sp³-hybridized carbons (Fsp3) is 0.588. The van der Waals surface area contributed by atoms with Crippen LogP contribution in [0.25, 0.3) is 0 Å². The van der Waals surface area contributed by atoms with Gasteiger partial charge in [-0.15, -0.1) is 0 Å². The molecule has 5 nitrogen and oxygen atoms in total. The fourth-order valence-electron chi connectivity index (χ4n) is 2.93. The van der Waals surface area contributed by atoms with E-state index in [0.29, 0.717) is 39.5 Å². The highest BCUT2D eigenvalue weighted by molar-refractivity contribution is 5.81. The van der Waals surface area contributed by atoms with Crippen LogP contribution in [0.2, 0.25) is 0 Å². The molecule has 2 heterocycles. The van der Waals surface area contributed by atoms with Gasteiger partial charge in [0, 0.05) is 32.7 Å². The second kappa shape index (κ2) is 7.22. The summed E-state index contributed by atoms with van der Waals surface area (Å²) in [5.74, 6) is 0.108. The number of hydrogen-bond donors (Lipinski definition) is 0. The Kier molecular flexibility index (Phi) is 5.08. The van der Waals surface area contributed by atoms with Gasteiger partial charge in [-0.05, 0) is 12.5 Å². The standard InChI is InChI=1S/C17H24N2O3/c1-14-2-4-15(5-3-14)12-18-6-11-22-16(13-18)17(20)19-7-9-21-10-8-19/h2-5,16H,6-13H2,1H3. The zero-order chi connectivity index (χ0) is 15.4. The highest BCUT2D eigenvalue weighted by Crippen LogP contribution is 2.14. The summed E-state index contributed by atoms with van der Waals surface area (Å²) in [4.78, 5) is 16.7. The molecule has 0 N–H and O–H groups in total. The largest absolute Gasteiger partial charge is 0.378 e. The molecule has 1 amide bonds. The molecule has 1 aromatic carbocycles. The summed E-state index contributed by atoms with van der Waals surface area (Å²) >= 11 is 0. The first-order valence-electron chi connectivity index (χ1n) is 7.98. The van der Waals surface area contributed by atoms with Crippen molar-refractivity contribution >= 4 is 5.91 Å². The van der Waals surface area contributed by atoms with E-state index in [1.165, 1.54) is 11.1 Å². The molecule has 2 fully saturated rings. The van der Waals surface area contributed by atoms with Gasteiger partial charge >= 0.3 is 0 Å². The zero-order valence-corrected chi connectivity index (χ0v) is 13.2. The van der Waals surface area contributed by atoms with E-state index in [0.717, 1.165) is 13.1 Å². The molecule has 1 atom stereocenters. The highest BCUT2D eigenvalue weighted by atomic mass is 16.5. The monoisotopic (exact) mass is 304 g/mol. The molecule has 0 bridgehead atoms. The lowest BCUT2D eigenvalue weighted by atomic mass is 10.1. The lowest BCUT2D eigenvalue weighted by molar-refractivity contribution is -0.153. The summed E-state index contributed by atoms with van der Waals surface area (Å²) in [6, 6.07) is 8.57. The first-order chi connectivity index (χ1) is 10.7. The number of carbonyl (C=O) groups excluding carboxylic acids is 1. The molecule has 0 aliphatic carbocycles. The van der Waals surface area contributed by atoms with E-state index in [-0.39, 0.29) is 12.0 Å². The third-order valence-electron chi connectivity index (χ3n) is 4.28. The zero-order valence-electron chi connectivity index (χ0n) is 13.2. The minimum Gasteiger partial charge on any atom is -0.378 e. The van der Waals surface area contributed by atoms with Crippen LogP contribution in [0.3, 0.4) is 0 Å². The predicted octanol–water partition coefficient (Wildman–Crippen LogP) is 1.05. The summed E-state index contributed by atoms with van der Waals surface area (Å²) in [5.41, 5.74) is 2.55. The summed E-state index contributed by atoms with van der Waals surface area (Å²) in [6.45, 7) is 7.74. The Bertz CT molecular complexity index is 497. The van der Waals surface area contributed by atoms with E-state index in [4.69, 9.17) is 9.47 Å². The van der Waals surface area contributed by atoms with Gasteiger partial charge in [0.15, 0.2) is 0 Å². The number of carbonyl (C=O) groups is 1. The van der Waals surface area contributed by atoms with Crippen molar-refractivity contribution < 1.29 is 14.3 Å². The maximum Gasteiger partial charge on any atom is 0.253 e. The smallest absolute Gasteiger partial charge is 0.253 e. The van der Waals surface area contributed by atoms with Crippen LogP contribution in [0.1, 0.15) is 11.1 Å². The van der Waals surface area contributed by atoms with Crippen molar-refractivity contribution in [1.82, 2.24) is 9.80 Å². The summed E-state index contributed by atoms with van der Waals surface area (Å²) in [7, 11) is 0. The van der Waals surface area contributed by atoms with Gasteiger partial charge in [0.1, 0.15) is 6.10 Å². The van der Waals surface area contributed by atoms with Crippen LogP contribution in [-0.4, -0.2) is 67.8 Å². The Morgan fingerprint density at radius 3 is 2.59 bits per heavy atom. The predicted molar refractivity (Wildman–Crippen MR) is 83.6 cm³/mol. The van der Waals surface area contributed by atoms with Crippen molar-refractivity contribution in [2.24, 2.45) is 0 Å². The quantitative estimate of drug-likeness (QED) is 0.837. The van der Waals surface area contributed by atoms with Gasteiger partial charge in [0.2, 0.25) is 0 Å². The Labute approximate surface area is 131 Å². The third-order valence-corrected chi connectivity index (χ3v) is 4.28. The molecule has 0 aromatic heterocycles. The second-order valence-electron chi connectivity index (χ2n) is 6.02. The summed E-state index contributed by atoms with van der Waals surface area (Å²) in [6.07, 6.45) is -0.336. The molecule has 0 radical (unpaired) electrons. The van der Waals surface area contributed by atoms with Crippen molar-refractivity contribution in [3.05, 3.63) is 35.4 Å². The van der Waals surface area contributed by atoms with Gasteiger partial charge in [-0.1, -0.05) is 29.8 Å². The summed E-state index contributed by atoms with van der Waals surface area (Å²) in [5, 5.41) is 0. The van der Waals surface area contributed by atoms with E-state index >= 15 is 0 Å². The lowest BCUT2D eigenvalue weighted by Crippen LogP contribution is -2.53. The Morgan fingerprint density at radius 2 is 1.86 bits per heavy atom. The van der Waals surface area contributed by atoms with Crippen LogP contribution >= 0.6 is 0 Å². The van der Waals surface area contributed by atoms with Crippen molar-refractivity contribution in [1.29, 1.82) is 0 Å². The number of nitrogens with zero attached hydrogens (tertiary/aromatic N) is 2. The van der Waals surface area contributed by atoms with Crippen LogP contribution in [0.5, 0.6) is 0 Å². The van der Waals surface area contributed by atoms with Gasteiger partial charge in [-0.25, -0.2) is 0 Å². The average molecular weight is 304 g/mol. The SMILES string of the molecule is Cc1ccc(CN2CCOC(C(=O)N3CCOCC3)C2)cc1. The molecule has 0 saturated carbocycles. The molecule has 0 spiro atoms. The van der Waals surface area contributed by atoms with E-state index in [2.05, 4.69) is 36.1 Å². The molecular formula is C17H24N2O3. The normalized spacial score (nSPS) is 23.5. The van der Waals surface area contributed by atoms with Crippen LogP contribution in [0.15, 0.2) is 24.3 Å². The number of morpholine rings is 2. The van der Waals surface area contributed by atoms with Crippen LogP contribution < -0.4 is 0 Å². The minimum atomic E-state index is -0.336. The molecular weight excluding hydrogens is 280 g/mol. The van der Waals surface area contributed by atoms with Crippen LogP contribution in [0.4, 0.5) is 0 Å². The molecule has 2 aliphatic heterocycles. The first kappa shape index (κ1) is 15.5. The minimum absolute atomic E-state index is 0.108. The molecule has 1 unspecified atom stereocenters. The maximum atomic E-state index is 12.5. The summed E-state index contributed by atoms with van der Waals surface area (Å²) < 4.78 is 11.0. The van der Waals surface area contributed by atoms with Crippen molar-refractivity contribution in [2.45, 2.75) is 19.6 Å². The Balaban J connectivity index is 1.56. The van der Waals surface area contributed by atoms with E-state index in [1.807, 2.05) is 4.90 Å². The van der Waals surface area contributed by atoms with E-state index < -0.39 is 0 Å². The number of amides is 1. The van der Waals surface area contributed by atoms with Crippen LogP contribution in [0, 0.1) is 6.92 Å².